The molecule has 0 unspecified atom stereocenters. The Bertz CT molecular complexity index is 1380. The lowest BCUT2D eigenvalue weighted by atomic mass is 9.90. The summed E-state index contributed by atoms with van der Waals surface area (Å²) in [6.07, 6.45) is 5.83. The van der Waals surface area contributed by atoms with Crippen molar-refractivity contribution in [3.8, 4) is 11.3 Å². The van der Waals surface area contributed by atoms with Crippen LogP contribution >= 0.6 is 11.3 Å². The molecule has 202 valence electrons. The number of aryl methyl sites for hydroxylation is 1. The predicted molar refractivity (Wildman–Crippen MR) is 149 cm³/mol. The van der Waals surface area contributed by atoms with Crippen LogP contribution in [-0.4, -0.2) is 52.1 Å². The first-order chi connectivity index (χ1) is 18.4. The number of pyridine rings is 1. The molecule has 3 atom stereocenters. The van der Waals surface area contributed by atoms with Crippen molar-refractivity contribution >= 4 is 33.9 Å². The van der Waals surface area contributed by atoms with Crippen molar-refractivity contribution < 1.29 is 14.3 Å². The fourth-order valence-corrected chi connectivity index (χ4v) is 6.53. The van der Waals surface area contributed by atoms with Crippen LogP contribution in [0, 0.1) is 11.8 Å². The van der Waals surface area contributed by atoms with Crippen molar-refractivity contribution in [2.45, 2.75) is 58.0 Å². The Labute approximate surface area is 227 Å². The predicted octanol–water partition coefficient (Wildman–Crippen LogP) is 4.28. The Balaban J connectivity index is 1.43. The quantitative estimate of drug-likeness (QED) is 0.487. The molecule has 9 heteroatoms. The van der Waals surface area contributed by atoms with Gasteiger partial charge >= 0.3 is 0 Å². The first-order valence-electron chi connectivity index (χ1n) is 13.6. The average molecular weight is 537 g/mol. The Kier molecular flexibility index (Phi) is 7.95. The molecule has 0 spiro atoms. The molecular formula is C29H36N4O4S. The highest BCUT2D eigenvalue weighted by Crippen LogP contribution is 2.38. The van der Waals surface area contributed by atoms with Gasteiger partial charge in [-0.3, -0.25) is 14.4 Å². The fraction of sp³-hybridized carbons (Fsp3) is 0.517. The topological polar surface area (TPSA) is 93.5 Å². The van der Waals surface area contributed by atoms with Crippen LogP contribution in [0.4, 0.5) is 0 Å². The highest BCUT2D eigenvalue weighted by molar-refractivity contribution is 7.10. The summed E-state index contributed by atoms with van der Waals surface area (Å²) < 4.78 is 7.14. The third-order valence-corrected chi connectivity index (χ3v) is 9.02. The Hall–Kier alpha value is -3.04. The van der Waals surface area contributed by atoms with Gasteiger partial charge in [0.25, 0.3) is 5.56 Å². The molecule has 2 aromatic heterocycles. The average Bonchev–Trinajstić information content (AvgIpc) is 3.63. The number of ether oxygens (including phenoxy) is 1. The summed E-state index contributed by atoms with van der Waals surface area (Å²) in [7, 11) is 1.76. The van der Waals surface area contributed by atoms with E-state index in [0.717, 1.165) is 53.8 Å². The lowest BCUT2D eigenvalue weighted by Gasteiger charge is -2.35. The normalized spacial score (nSPS) is 20.0. The Morgan fingerprint density at radius 1 is 1.18 bits per heavy atom. The molecule has 1 N–H and O–H groups in total. The minimum Gasteiger partial charge on any atom is -0.381 e. The van der Waals surface area contributed by atoms with E-state index in [0.29, 0.717) is 25.1 Å². The fourth-order valence-electron chi connectivity index (χ4n) is 5.56. The van der Waals surface area contributed by atoms with Crippen molar-refractivity contribution in [1.82, 2.24) is 19.8 Å². The number of hydrogen-bond donors (Lipinski definition) is 1. The van der Waals surface area contributed by atoms with Crippen molar-refractivity contribution in [2.75, 3.05) is 19.8 Å². The van der Waals surface area contributed by atoms with Crippen LogP contribution in [0.15, 0.2) is 40.6 Å². The van der Waals surface area contributed by atoms with Crippen LogP contribution in [-0.2, 0) is 21.4 Å². The number of carbonyl (C=O) groups excluding carboxylic acids is 2. The highest BCUT2D eigenvalue weighted by Gasteiger charge is 2.40. The standard InChI is InChI=1S/C29H36N4O4S/c1-4-18(2)26(34)31-25(19-11-14-37-15-12-19)29(36)33-13-7-10-24(33)27-30-23(17-38-27)22-16-32(3)28(35)21-9-6-5-8-20(21)22/h5-6,8-9,16-19,24-25H,4,7,10-15H2,1-3H3,(H,31,34)/t18-,24+,25+/m1/s1. The Morgan fingerprint density at radius 3 is 2.66 bits per heavy atom. The minimum atomic E-state index is -0.548. The van der Waals surface area contributed by atoms with Gasteiger partial charge in [0, 0.05) is 55.3 Å². The number of amides is 2. The zero-order chi connectivity index (χ0) is 26.8. The molecule has 0 radical (unpaired) electrons. The van der Waals surface area contributed by atoms with E-state index in [9.17, 15) is 14.4 Å². The first-order valence-corrected chi connectivity index (χ1v) is 14.5. The van der Waals surface area contributed by atoms with Crippen LogP contribution in [0.2, 0.25) is 0 Å². The molecule has 2 amide bonds. The number of nitrogens with zero attached hydrogens (tertiary/aromatic N) is 3. The van der Waals surface area contributed by atoms with Gasteiger partial charge in [0.15, 0.2) is 0 Å². The maximum absolute atomic E-state index is 14.0. The SMILES string of the molecule is CC[C@@H](C)C(=O)N[C@H](C(=O)N1CCC[C@H]1c1nc(-c2cn(C)c(=O)c3ccccc23)cs1)C1CCOCC1. The lowest BCUT2D eigenvalue weighted by Crippen LogP contribution is -2.54. The summed E-state index contributed by atoms with van der Waals surface area (Å²) in [6, 6.07) is 6.93. The largest absolute Gasteiger partial charge is 0.381 e. The van der Waals surface area contributed by atoms with E-state index in [1.165, 1.54) is 0 Å². The van der Waals surface area contributed by atoms with Gasteiger partial charge in [-0.1, -0.05) is 32.0 Å². The molecule has 38 heavy (non-hydrogen) atoms. The smallest absolute Gasteiger partial charge is 0.258 e. The summed E-state index contributed by atoms with van der Waals surface area (Å²) in [5, 5.41) is 7.56. The molecule has 4 heterocycles. The number of rotatable bonds is 7. The molecule has 2 aliphatic rings. The molecule has 0 aliphatic carbocycles. The van der Waals surface area contributed by atoms with E-state index < -0.39 is 6.04 Å². The second kappa shape index (κ2) is 11.4. The molecule has 0 saturated carbocycles. The molecule has 5 rings (SSSR count). The molecular weight excluding hydrogens is 500 g/mol. The summed E-state index contributed by atoms with van der Waals surface area (Å²) in [6.45, 7) is 5.76. The maximum Gasteiger partial charge on any atom is 0.258 e. The molecule has 2 saturated heterocycles. The molecule has 2 fully saturated rings. The second-order valence-corrected chi connectivity index (χ2v) is 11.4. The number of likely N-dealkylation sites (tertiary alicyclic amines) is 1. The van der Waals surface area contributed by atoms with E-state index in [-0.39, 0.29) is 35.3 Å². The summed E-state index contributed by atoms with van der Waals surface area (Å²) in [5.74, 6) is -0.154. The summed E-state index contributed by atoms with van der Waals surface area (Å²) >= 11 is 1.55. The minimum absolute atomic E-state index is 0.0136. The van der Waals surface area contributed by atoms with Gasteiger partial charge in [0.1, 0.15) is 11.0 Å². The number of nitrogens with one attached hydrogen (secondary N) is 1. The number of fused-ring (bicyclic) bond motifs is 1. The third kappa shape index (κ3) is 5.14. The number of hydrogen-bond acceptors (Lipinski definition) is 6. The molecule has 3 aromatic rings. The zero-order valence-corrected chi connectivity index (χ0v) is 23.1. The molecule has 0 bridgehead atoms. The number of aromatic nitrogens is 2. The van der Waals surface area contributed by atoms with Crippen molar-refractivity contribution in [2.24, 2.45) is 18.9 Å². The van der Waals surface area contributed by atoms with Crippen molar-refractivity contribution in [3.63, 3.8) is 0 Å². The highest BCUT2D eigenvalue weighted by atomic mass is 32.1. The van der Waals surface area contributed by atoms with E-state index in [4.69, 9.17) is 9.72 Å². The van der Waals surface area contributed by atoms with Gasteiger partial charge in [0.2, 0.25) is 11.8 Å². The number of thiazole rings is 1. The maximum atomic E-state index is 14.0. The summed E-state index contributed by atoms with van der Waals surface area (Å²) in [4.78, 5) is 46.4. The zero-order valence-electron chi connectivity index (χ0n) is 22.3. The lowest BCUT2D eigenvalue weighted by molar-refractivity contribution is -0.140. The monoisotopic (exact) mass is 536 g/mol. The number of carbonyl (C=O) groups is 2. The van der Waals surface area contributed by atoms with Crippen LogP contribution in [0.1, 0.15) is 57.0 Å². The van der Waals surface area contributed by atoms with E-state index in [1.54, 1.807) is 23.0 Å². The van der Waals surface area contributed by atoms with Crippen molar-refractivity contribution in [1.29, 1.82) is 0 Å². The van der Waals surface area contributed by atoms with Gasteiger partial charge in [-0.15, -0.1) is 11.3 Å². The van der Waals surface area contributed by atoms with E-state index in [1.807, 2.05) is 54.6 Å². The van der Waals surface area contributed by atoms with Gasteiger partial charge in [-0.2, -0.15) is 0 Å². The third-order valence-electron chi connectivity index (χ3n) is 8.07. The second-order valence-electron chi connectivity index (χ2n) is 10.5. The molecule has 1 aromatic carbocycles. The molecule has 8 nitrogen and oxygen atoms in total. The van der Waals surface area contributed by atoms with Crippen LogP contribution in [0.3, 0.4) is 0 Å². The van der Waals surface area contributed by atoms with Gasteiger partial charge < -0.3 is 19.5 Å². The van der Waals surface area contributed by atoms with Crippen molar-refractivity contribution in [3.05, 3.63) is 51.2 Å². The summed E-state index contributed by atoms with van der Waals surface area (Å²) in [5.41, 5.74) is 1.68. The van der Waals surface area contributed by atoms with Gasteiger partial charge in [0.05, 0.1) is 11.7 Å². The first kappa shape index (κ1) is 26.6. The van der Waals surface area contributed by atoms with Crippen LogP contribution in [0.25, 0.3) is 22.0 Å². The number of benzene rings is 1. The van der Waals surface area contributed by atoms with Crippen LogP contribution < -0.4 is 10.9 Å². The Morgan fingerprint density at radius 2 is 1.92 bits per heavy atom. The molecule has 2 aliphatic heterocycles. The van der Waals surface area contributed by atoms with E-state index >= 15 is 0 Å². The van der Waals surface area contributed by atoms with E-state index in [2.05, 4.69) is 5.32 Å². The van der Waals surface area contributed by atoms with Crippen LogP contribution in [0.5, 0.6) is 0 Å². The van der Waals surface area contributed by atoms with Gasteiger partial charge in [-0.05, 0) is 49.5 Å². The van der Waals surface area contributed by atoms with Gasteiger partial charge in [-0.25, -0.2) is 4.98 Å².